The topological polar surface area (TPSA) is 48.0 Å². The molecule has 2 heterocycles. The van der Waals surface area contributed by atoms with E-state index in [4.69, 9.17) is 14.3 Å². The van der Waals surface area contributed by atoms with Crippen molar-refractivity contribution in [2.75, 3.05) is 14.2 Å². The Bertz CT molecular complexity index is 623. The molecule has 5 nitrogen and oxygen atoms in total. The van der Waals surface area contributed by atoms with Gasteiger partial charge in [0, 0.05) is 12.8 Å². The second-order valence-electron chi connectivity index (χ2n) is 5.27. The van der Waals surface area contributed by atoms with Crippen molar-refractivity contribution >= 4 is 12.0 Å². The van der Waals surface area contributed by atoms with Crippen molar-refractivity contribution in [2.24, 2.45) is 0 Å². The monoisotopic (exact) mass is 301 g/mol. The Balaban J connectivity index is 1.70. The predicted octanol–water partition coefficient (Wildman–Crippen LogP) is 2.58. The van der Waals surface area contributed by atoms with E-state index in [1.54, 1.807) is 14.2 Å². The predicted molar refractivity (Wildman–Crippen MR) is 82.5 cm³/mol. The van der Waals surface area contributed by atoms with Crippen molar-refractivity contribution < 1.29 is 19.1 Å². The van der Waals surface area contributed by atoms with Gasteiger partial charge in [-0.1, -0.05) is 30.4 Å². The Morgan fingerprint density at radius 1 is 1.27 bits per heavy atom. The minimum atomic E-state index is -0.0928. The van der Waals surface area contributed by atoms with Crippen molar-refractivity contribution in [1.29, 1.82) is 0 Å². The lowest BCUT2D eigenvalue weighted by molar-refractivity contribution is -0.180. The first-order valence-corrected chi connectivity index (χ1v) is 7.27. The second kappa shape index (κ2) is 6.23. The van der Waals surface area contributed by atoms with Crippen LogP contribution in [0.4, 0.5) is 0 Å². The molecular formula is C17H19NO4. The van der Waals surface area contributed by atoms with Gasteiger partial charge in [-0.05, 0) is 17.7 Å². The fourth-order valence-corrected chi connectivity index (χ4v) is 2.71. The maximum absolute atomic E-state index is 11.7. The molecule has 5 heteroatoms. The van der Waals surface area contributed by atoms with Crippen LogP contribution < -0.4 is 9.47 Å². The average Bonchev–Trinajstić information content (AvgIpc) is 2.97. The van der Waals surface area contributed by atoms with Crippen molar-refractivity contribution in [3.8, 4) is 11.5 Å². The zero-order chi connectivity index (χ0) is 15.5. The number of rotatable bonds is 4. The van der Waals surface area contributed by atoms with Gasteiger partial charge in [0.05, 0.1) is 20.3 Å². The number of nitrogens with zero attached hydrogens (tertiary/aromatic N) is 1. The molecule has 3 rings (SSSR count). The van der Waals surface area contributed by atoms with E-state index in [9.17, 15) is 4.79 Å². The summed E-state index contributed by atoms with van der Waals surface area (Å²) in [5.74, 6) is 1.41. The second-order valence-corrected chi connectivity index (χ2v) is 5.27. The fraction of sp³-hybridized carbons (Fsp3) is 0.353. The number of methoxy groups -OCH3 is 2. The van der Waals surface area contributed by atoms with E-state index in [1.165, 1.54) is 5.06 Å². The van der Waals surface area contributed by atoms with E-state index in [-0.39, 0.29) is 18.1 Å². The summed E-state index contributed by atoms with van der Waals surface area (Å²) in [6.07, 6.45) is 9.00. The molecule has 0 N–H and O–H groups in total. The summed E-state index contributed by atoms with van der Waals surface area (Å²) in [6.45, 7) is 0. The molecular weight excluding hydrogens is 282 g/mol. The molecule has 1 fully saturated rings. The molecule has 1 amide bonds. The number of fused-ring (bicyclic) bond motifs is 1. The van der Waals surface area contributed by atoms with E-state index in [1.807, 2.05) is 42.5 Å². The van der Waals surface area contributed by atoms with Crippen LogP contribution in [0.25, 0.3) is 6.08 Å². The van der Waals surface area contributed by atoms with Crippen molar-refractivity contribution in [1.82, 2.24) is 5.06 Å². The lowest BCUT2D eigenvalue weighted by Gasteiger charge is -2.22. The molecule has 2 aliphatic rings. The summed E-state index contributed by atoms with van der Waals surface area (Å²) in [4.78, 5) is 17.4. The van der Waals surface area contributed by atoms with E-state index >= 15 is 0 Å². The van der Waals surface area contributed by atoms with Gasteiger partial charge in [-0.15, -0.1) is 0 Å². The van der Waals surface area contributed by atoms with E-state index < -0.39 is 0 Å². The molecule has 1 saturated heterocycles. The molecule has 0 spiro atoms. The number of ether oxygens (including phenoxy) is 2. The van der Waals surface area contributed by atoms with Gasteiger partial charge in [-0.3, -0.25) is 9.63 Å². The SMILES string of the molecule is COc1ccc(/C=C/[C@@H]2C[C@@H]3C=CCC(=O)N3O2)cc1OC. The highest BCUT2D eigenvalue weighted by Crippen LogP contribution is 2.30. The highest BCUT2D eigenvalue weighted by Gasteiger charge is 2.35. The summed E-state index contributed by atoms with van der Waals surface area (Å²) in [7, 11) is 3.22. The molecule has 1 aromatic carbocycles. The maximum atomic E-state index is 11.7. The standard InChI is InChI=1S/C17H19NO4/c1-20-15-9-7-12(10-16(15)21-2)6-8-14-11-13-4-3-5-17(19)18(13)22-14/h3-4,6-10,13-14H,5,11H2,1-2H3/b8-6+/t13-,14+/m0/s1. The molecule has 116 valence electrons. The first-order chi connectivity index (χ1) is 10.7. The molecule has 0 bridgehead atoms. The zero-order valence-electron chi connectivity index (χ0n) is 12.7. The number of carbonyl (C=O) groups is 1. The molecule has 0 saturated carbocycles. The molecule has 2 atom stereocenters. The number of hydrogen-bond acceptors (Lipinski definition) is 4. The molecule has 0 aliphatic carbocycles. The number of hydrogen-bond donors (Lipinski definition) is 0. The molecule has 0 unspecified atom stereocenters. The highest BCUT2D eigenvalue weighted by atomic mass is 16.7. The van der Waals surface area contributed by atoms with Gasteiger partial charge in [0.15, 0.2) is 11.5 Å². The summed E-state index contributed by atoms with van der Waals surface area (Å²) < 4.78 is 10.5. The summed E-state index contributed by atoms with van der Waals surface area (Å²) in [6, 6.07) is 5.78. The molecule has 2 aliphatic heterocycles. The van der Waals surface area contributed by atoms with Crippen LogP contribution >= 0.6 is 0 Å². The average molecular weight is 301 g/mol. The van der Waals surface area contributed by atoms with Crippen LogP contribution in [0.5, 0.6) is 11.5 Å². The van der Waals surface area contributed by atoms with Crippen molar-refractivity contribution in [3.63, 3.8) is 0 Å². The van der Waals surface area contributed by atoms with Gasteiger partial charge in [-0.25, -0.2) is 5.06 Å². The van der Waals surface area contributed by atoms with Crippen LogP contribution in [0.3, 0.4) is 0 Å². The Morgan fingerprint density at radius 3 is 2.82 bits per heavy atom. The third-order valence-corrected chi connectivity index (χ3v) is 3.83. The fourth-order valence-electron chi connectivity index (χ4n) is 2.71. The zero-order valence-corrected chi connectivity index (χ0v) is 12.7. The normalized spacial score (nSPS) is 23.9. The first kappa shape index (κ1) is 14.7. The van der Waals surface area contributed by atoms with Crippen LogP contribution in [0.1, 0.15) is 18.4 Å². The van der Waals surface area contributed by atoms with Gasteiger partial charge in [0.2, 0.25) is 0 Å². The van der Waals surface area contributed by atoms with Gasteiger partial charge in [0.1, 0.15) is 6.10 Å². The third-order valence-electron chi connectivity index (χ3n) is 3.83. The van der Waals surface area contributed by atoms with E-state index in [2.05, 4.69) is 0 Å². The third kappa shape index (κ3) is 2.85. The number of benzene rings is 1. The van der Waals surface area contributed by atoms with Gasteiger partial charge in [-0.2, -0.15) is 0 Å². The Labute approximate surface area is 129 Å². The van der Waals surface area contributed by atoms with Crippen LogP contribution in [-0.2, 0) is 9.63 Å². The van der Waals surface area contributed by atoms with Gasteiger partial charge < -0.3 is 9.47 Å². The molecule has 22 heavy (non-hydrogen) atoms. The highest BCUT2D eigenvalue weighted by molar-refractivity contribution is 5.78. The molecule has 0 aromatic heterocycles. The van der Waals surface area contributed by atoms with Crippen molar-refractivity contribution in [3.05, 3.63) is 42.0 Å². The minimum Gasteiger partial charge on any atom is -0.493 e. The van der Waals surface area contributed by atoms with Gasteiger partial charge in [0.25, 0.3) is 5.91 Å². The largest absolute Gasteiger partial charge is 0.493 e. The van der Waals surface area contributed by atoms with E-state index in [0.29, 0.717) is 17.9 Å². The van der Waals surface area contributed by atoms with Crippen LogP contribution in [-0.4, -0.2) is 37.3 Å². The summed E-state index contributed by atoms with van der Waals surface area (Å²) in [5.41, 5.74) is 0.994. The lowest BCUT2D eigenvalue weighted by atomic mass is 10.1. The van der Waals surface area contributed by atoms with Gasteiger partial charge >= 0.3 is 0 Å². The first-order valence-electron chi connectivity index (χ1n) is 7.27. The Kier molecular flexibility index (Phi) is 4.15. The molecule has 0 radical (unpaired) electrons. The summed E-state index contributed by atoms with van der Waals surface area (Å²) >= 11 is 0. The van der Waals surface area contributed by atoms with Crippen LogP contribution in [0.2, 0.25) is 0 Å². The van der Waals surface area contributed by atoms with Crippen LogP contribution in [0.15, 0.2) is 36.4 Å². The number of hydroxylamine groups is 2. The summed E-state index contributed by atoms with van der Waals surface area (Å²) in [5, 5.41) is 1.49. The minimum absolute atomic E-state index is 0.0227. The van der Waals surface area contributed by atoms with Crippen LogP contribution in [0, 0.1) is 0 Å². The van der Waals surface area contributed by atoms with E-state index in [0.717, 1.165) is 12.0 Å². The van der Waals surface area contributed by atoms with Crippen molar-refractivity contribution in [2.45, 2.75) is 25.0 Å². The smallest absolute Gasteiger partial charge is 0.250 e. The lowest BCUT2D eigenvalue weighted by Crippen LogP contribution is -2.35. The quantitative estimate of drug-likeness (QED) is 0.802. The number of carbonyl (C=O) groups excluding carboxylic acids is 1. The Hall–Kier alpha value is -2.27. The Morgan fingerprint density at radius 2 is 2.09 bits per heavy atom. The maximum Gasteiger partial charge on any atom is 0.250 e. The number of amides is 1. The molecule has 1 aromatic rings.